The van der Waals surface area contributed by atoms with Crippen molar-refractivity contribution >= 4 is 33.2 Å². The molecule has 1 aliphatic rings. The predicted octanol–water partition coefficient (Wildman–Crippen LogP) is 2.73. The van der Waals surface area contributed by atoms with Gasteiger partial charge in [0.1, 0.15) is 11.5 Å². The summed E-state index contributed by atoms with van der Waals surface area (Å²) in [6, 6.07) is 11.2. The molecule has 1 atom stereocenters. The molecular weight excluding hydrogens is 446 g/mol. The molecule has 2 aromatic rings. The smallest absolute Gasteiger partial charge is 0.243 e. The van der Waals surface area contributed by atoms with Crippen molar-refractivity contribution in [3.8, 4) is 11.5 Å². The summed E-state index contributed by atoms with van der Waals surface area (Å²) in [4.78, 5) is 27.1. The number of nitrogens with one attached hydrogen (secondary N) is 1. The van der Waals surface area contributed by atoms with E-state index in [0.717, 1.165) is 0 Å². The van der Waals surface area contributed by atoms with Gasteiger partial charge in [-0.05, 0) is 36.4 Å². The summed E-state index contributed by atoms with van der Waals surface area (Å²) in [5.41, 5.74) is 1.04. The number of amides is 2. The van der Waals surface area contributed by atoms with Crippen LogP contribution in [0.1, 0.15) is 20.3 Å². The van der Waals surface area contributed by atoms with E-state index in [1.54, 1.807) is 51.3 Å². The fourth-order valence-corrected chi connectivity index (χ4v) is 5.25. The molecule has 1 fully saturated rings. The lowest BCUT2D eigenvalue weighted by atomic mass is 10.1. The highest BCUT2D eigenvalue weighted by atomic mass is 32.2. The van der Waals surface area contributed by atoms with Gasteiger partial charge in [-0.1, -0.05) is 13.8 Å². The van der Waals surface area contributed by atoms with Crippen LogP contribution >= 0.6 is 0 Å². The minimum atomic E-state index is -3.57. The van der Waals surface area contributed by atoms with Crippen LogP contribution in [0.15, 0.2) is 47.4 Å². The van der Waals surface area contributed by atoms with Gasteiger partial charge in [-0.3, -0.25) is 9.59 Å². The molecule has 1 heterocycles. The van der Waals surface area contributed by atoms with Gasteiger partial charge in [-0.25, -0.2) is 8.42 Å². The Bertz CT molecular complexity index is 1110. The highest BCUT2D eigenvalue weighted by Gasteiger charge is 2.36. The van der Waals surface area contributed by atoms with Crippen molar-refractivity contribution in [2.24, 2.45) is 5.92 Å². The molecule has 3 rings (SSSR count). The Hall–Kier alpha value is -3.11. The third-order valence-corrected chi connectivity index (χ3v) is 7.70. The lowest BCUT2D eigenvalue weighted by Crippen LogP contribution is -2.30. The number of sulfonamides is 1. The first kappa shape index (κ1) is 24.5. The number of anilines is 2. The Morgan fingerprint density at radius 2 is 1.76 bits per heavy atom. The van der Waals surface area contributed by atoms with E-state index >= 15 is 0 Å². The Labute approximate surface area is 194 Å². The zero-order valence-electron chi connectivity index (χ0n) is 19.2. The first-order valence-corrected chi connectivity index (χ1v) is 12.1. The molecule has 2 aromatic carbocycles. The molecule has 0 aromatic heterocycles. The second-order valence-electron chi connectivity index (χ2n) is 7.55. The summed E-state index contributed by atoms with van der Waals surface area (Å²) >= 11 is 0. The van der Waals surface area contributed by atoms with Crippen LogP contribution in [0, 0.1) is 5.92 Å². The molecule has 0 radical (unpaired) electrons. The quantitative estimate of drug-likeness (QED) is 0.598. The van der Waals surface area contributed by atoms with E-state index in [9.17, 15) is 18.0 Å². The van der Waals surface area contributed by atoms with E-state index in [-0.39, 0.29) is 29.7 Å². The molecule has 0 aliphatic carbocycles. The Kier molecular flexibility index (Phi) is 7.60. The molecular formula is C23H29N3O6S. The molecule has 0 unspecified atom stereocenters. The zero-order valence-corrected chi connectivity index (χ0v) is 20.0. The maximum Gasteiger partial charge on any atom is 0.243 e. The maximum atomic E-state index is 12.8. The second kappa shape index (κ2) is 10.2. The largest absolute Gasteiger partial charge is 0.497 e. The van der Waals surface area contributed by atoms with Crippen molar-refractivity contribution in [1.29, 1.82) is 0 Å². The predicted molar refractivity (Wildman–Crippen MR) is 125 cm³/mol. The topological polar surface area (TPSA) is 105 Å². The Balaban J connectivity index is 1.70. The van der Waals surface area contributed by atoms with Gasteiger partial charge in [-0.15, -0.1) is 0 Å². The minimum Gasteiger partial charge on any atom is -0.497 e. The molecule has 9 nitrogen and oxygen atoms in total. The monoisotopic (exact) mass is 475 g/mol. The lowest BCUT2D eigenvalue weighted by molar-refractivity contribution is -0.122. The third kappa shape index (κ3) is 5.12. The highest BCUT2D eigenvalue weighted by Crippen LogP contribution is 2.36. The van der Waals surface area contributed by atoms with Crippen LogP contribution in [-0.2, 0) is 19.6 Å². The summed E-state index contributed by atoms with van der Waals surface area (Å²) in [6.07, 6.45) is 0.0649. The van der Waals surface area contributed by atoms with Crippen molar-refractivity contribution in [2.45, 2.75) is 25.2 Å². The maximum absolute atomic E-state index is 12.8. The normalized spacial score (nSPS) is 16.2. The third-order valence-electron chi connectivity index (χ3n) is 5.64. The first-order chi connectivity index (χ1) is 15.7. The van der Waals surface area contributed by atoms with E-state index in [2.05, 4.69) is 5.32 Å². The number of ether oxygens (including phenoxy) is 2. The van der Waals surface area contributed by atoms with Crippen molar-refractivity contribution in [1.82, 2.24) is 4.31 Å². The van der Waals surface area contributed by atoms with Crippen LogP contribution in [0.4, 0.5) is 11.4 Å². The van der Waals surface area contributed by atoms with Crippen LogP contribution in [0.5, 0.6) is 11.5 Å². The highest BCUT2D eigenvalue weighted by molar-refractivity contribution is 7.89. The Morgan fingerprint density at radius 1 is 1.09 bits per heavy atom. The van der Waals surface area contributed by atoms with Crippen molar-refractivity contribution in [3.05, 3.63) is 42.5 Å². The summed E-state index contributed by atoms with van der Waals surface area (Å²) in [5.74, 6) is 0.0390. The van der Waals surface area contributed by atoms with Crippen molar-refractivity contribution in [2.75, 3.05) is 44.1 Å². The van der Waals surface area contributed by atoms with E-state index in [1.165, 1.54) is 28.4 Å². The molecule has 1 aliphatic heterocycles. The van der Waals surface area contributed by atoms with Crippen LogP contribution in [-0.4, -0.2) is 58.4 Å². The number of hydrogen-bond donors (Lipinski definition) is 1. The molecule has 33 heavy (non-hydrogen) atoms. The zero-order chi connectivity index (χ0) is 24.2. The molecule has 10 heteroatoms. The fraction of sp³-hybridized carbons (Fsp3) is 0.391. The van der Waals surface area contributed by atoms with E-state index in [0.29, 0.717) is 36.0 Å². The van der Waals surface area contributed by atoms with Gasteiger partial charge in [-0.2, -0.15) is 4.31 Å². The van der Waals surface area contributed by atoms with Crippen molar-refractivity contribution < 1.29 is 27.5 Å². The molecule has 1 saturated heterocycles. The van der Waals surface area contributed by atoms with Crippen LogP contribution < -0.4 is 19.7 Å². The van der Waals surface area contributed by atoms with Gasteiger partial charge in [0.05, 0.1) is 30.7 Å². The van der Waals surface area contributed by atoms with Gasteiger partial charge in [0.15, 0.2) is 0 Å². The van der Waals surface area contributed by atoms with Gasteiger partial charge in [0.25, 0.3) is 0 Å². The molecule has 2 amide bonds. The van der Waals surface area contributed by atoms with Crippen LogP contribution in [0.2, 0.25) is 0 Å². The molecule has 0 bridgehead atoms. The average Bonchev–Trinajstić information content (AvgIpc) is 3.21. The van der Waals surface area contributed by atoms with E-state index in [1.807, 2.05) is 0 Å². The number of carbonyl (C=O) groups is 2. The molecule has 0 spiro atoms. The van der Waals surface area contributed by atoms with E-state index < -0.39 is 15.9 Å². The van der Waals surface area contributed by atoms with Gasteiger partial charge in [0.2, 0.25) is 21.8 Å². The second-order valence-corrected chi connectivity index (χ2v) is 9.48. The number of rotatable bonds is 9. The number of benzene rings is 2. The summed E-state index contributed by atoms with van der Waals surface area (Å²) < 4.78 is 37.2. The standard InChI is InChI=1S/C23H29N3O6S/c1-5-25(6-2)33(29,30)19-10-7-17(8-11-19)24-23(28)16-13-22(27)26(15-16)20-12-9-18(31-3)14-21(20)32-4/h7-12,14,16H,5-6,13,15H2,1-4H3,(H,24,28)/t16-/m0/s1. The Morgan fingerprint density at radius 3 is 2.33 bits per heavy atom. The van der Waals surface area contributed by atoms with E-state index in [4.69, 9.17) is 9.47 Å². The van der Waals surface area contributed by atoms with Crippen molar-refractivity contribution in [3.63, 3.8) is 0 Å². The first-order valence-electron chi connectivity index (χ1n) is 10.7. The number of hydrogen-bond acceptors (Lipinski definition) is 6. The van der Waals surface area contributed by atoms with Crippen LogP contribution in [0.3, 0.4) is 0 Å². The van der Waals surface area contributed by atoms with Crippen LogP contribution in [0.25, 0.3) is 0 Å². The summed E-state index contributed by atoms with van der Waals surface area (Å²) in [6.45, 7) is 4.53. The molecule has 178 valence electrons. The lowest BCUT2D eigenvalue weighted by Gasteiger charge is -2.20. The fourth-order valence-electron chi connectivity index (χ4n) is 3.79. The van der Waals surface area contributed by atoms with Gasteiger partial charge >= 0.3 is 0 Å². The molecule has 1 N–H and O–H groups in total. The van der Waals surface area contributed by atoms with Gasteiger partial charge < -0.3 is 19.7 Å². The number of methoxy groups -OCH3 is 2. The number of nitrogens with zero attached hydrogens (tertiary/aromatic N) is 2. The summed E-state index contributed by atoms with van der Waals surface area (Å²) in [7, 11) is -0.520. The number of carbonyl (C=O) groups excluding carboxylic acids is 2. The molecule has 0 saturated carbocycles. The summed E-state index contributed by atoms with van der Waals surface area (Å²) in [5, 5.41) is 2.78. The SMILES string of the molecule is CCN(CC)S(=O)(=O)c1ccc(NC(=O)[C@H]2CC(=O)N(c3ccc(OC)cc3OC)C2)cc1. The minimum absolute atomic E-state index is 0.0649. The van der Waals surface area contributed by atoms with Gasteiger partial charge in [0, 0.05) is 37.8 Å². The average molecular weight is 476 g/mol.